The summed E-state index contributed by atoms with van der Waals surface area (Å²) in [6.45, 7) is 3.26. The number of aromatic amines is 1. The largest absolute Gasteiger partial charge is 0.497 e. The van der Waals surface area contributed by atoms with Crippen molar-refractivity contribution in [1.29, 1.82) is 0 Å². The zero-order chi connectivity index (χ0) is 14.4. The van der Waals surface area contributed by atoms with Gasteiger partial charge in [0.1, 0.15) is 11.6 Å². The third-order valence-corrected chi connectivity index (χ3v) is 3.47. The van der Waals surface area contributed by atoms with E-state index in [1.807, 2.05) is 12.3 Å². The summed E-state index contributed by atoms with van der Waals surface area (Å²) in [4.78, 5) is 9.81. The summed E-state index contributed by atoms with van der Waals surface area (Å²) < 4.78 is 5.35. The lowest BCUT2D eigenvalue weighted by molar-refractivity contribution is 0.415. The molecule has 1 aromatic carbocycles. The number of aromatic nitrogens is 2. The molecule has 2 rings (SSSR count). The standard InChI is InChI=1S/C16H23N3O/c1-4-5-6-11-19(2)15-12-13(20-3)7-8-14(15)16-17-9-10-18-16/h7-10,12H,4-6,11H2,1-3H3,(H,17,18). The first kappa shape index (κ1) is 14.4. The Hall–Kier alpha value is -1.97. The van der Waals surface area contributed by atoms with Crippen LogP contribution in [-0.2, 0) is 0 Å². The van der Waals surface area contributed by atoms with Gasteiger partial charge in [-0.3, -0.25) is 0 Å². The zero-order valence-electron chi connectivity index (χ0n) is 12.5. The number of anilines is 1. The fourth-order valence-electron chi connectivity index (χ4n) is 2.29. The van der Waals surface area contributed by atoms with Crippen molar-refractivity contribution in [2.45, 2.75) is 26.2 Å². The molecule has 0 bridgehead atoms. The molecule has 0 saturated heterocycles. The molecule has 20 heavy (non-hydrogen) atoms. The van der Waals surface area contributed by atoms with Gasteiger partial charge in [-0.15, -0.1) is 0 Å². The summed E-state index contributed by atoms with van der Waals surface area (Å²) in [6, 6.07) is 6.11. The van der Waals surface area contributed by atoms with Gasteiger partial charge in [-0.05, 0) is 18.6 Å². The number of H-pyrrole nitrogens is 1. The normalized spacial score (nSPS) is 10.6. The van der Waals surface area contributed by atoms with Crippen LogP contribution in [-0.4, -0.2) is 30.7 Å². The second-order valence-corrected chi connectivity index (χ2v) is 4.95. The van der Waals surface area contributed by atoms with Crippen LogP contribution >= 0.6 is 0 Å². The van der Waals surface area contributed by atoms with Crippen LogP contribution in [0.5, 0.6) is 5.75 Å². The molecule has 4 heteroatoms. The van der Waals surface area contributed by atoms with E-state index in [1.54, 1.807) is 13.3 Å². The summed E-state index contributed by atoms with van der Waals surface area (Å²) in [5, 5.41) is 0. The molecule has 0 amide bonds. The maximum atomic E-state index is 5.35. The van der Waals surface area contributed by atoms with Crippen molar-refractivity contribution in [1.82, 2.24) is 9.97 Å². The van der Waals surface area contributed by atoms with E-state index in [2.05, 4.69) is 41.0 Å². The van der Waals surface area contributed by atoms with Crippen LogP contribution in [0.1, 0.15) is 26.2 Å². The summed E-state index contributed by atoms with van der Waals surface area (Å²) in [7, 11) is 3.82. The number of hydrogen-bond donors (Lipinski definition) is 1. The van der Waals surface area contributed by atoms with Crippen molar-refractivity contribution in [2.24, 2.45) is 0 Å². The third-order valence-electron chi connectivity index (χ3n) is 3.47. The lowest BCUT2D eigenvalue weighted by Gasteiger charge is -2.22. The van der Waals surface area contributed by atoms with Crippen molar-refractivity contribution >= 4 is 5.69 Å². The second-order valence-electron chi connectivity index (χ2n) is 4.95. The summed E-state index contributed by atoms with van der Waals surface area (Å²) in [5.41, 5.74) is 2.25. The Morgan fingerprint density at radius 1 is 1.30 bits per heavy atom. The first-order valence-electron chi connectivity index (χ1n) is 7.15. The minimum Gasteiger partial charge on any atom is -0.497 e. The number of ether oxygens (including phenoxy) is 1. The number of methoxy groups -OCH3 is 1. The van der Waals surface area contributed by atoms with E-state index in [0.29, 0.717) is 0 Å². The van der Waals surface area contributed by atoms with Gasteiger partial charge in [0.2, 0.25) is 0 Å². The Morgan fingerprint density at radius 2 is 2.15 bits per heavy atom. The number of hydrogen-bond acceptors (Lipinski definition) is 3. The topological polar surface area (TPSA) is 41.1 Å². The minimum absolute atomic E-state index is 0.873. The van der Waals surface area contributed by atoms with Crippen molar-refractivity contribution < 1.29 is 4.74 Å². The molecule has 0 fully saturated rings. The molecule has 0 unspecified atom stereocenters. The molecule has 108 valence electrons. The molecule has 1 N–H and O–H groups in total. The van der Waals surface area contributed by atoms with Gasteiger partial charge in [0.05, 0.1) is 12.8 Å². The van der Waals surface area contributed by atoms with E-state index in [1.165, 1.54) is 19.3 Å². The second kappa shape index (κ2) is 6.98. The van der Waals surface area contributed by atoms with Gasteiger partial charge in [0.25, 0.3) is 0 Å². The van der Waals surface area contributed by atoms with E-state index < -0.39 is 0 Å². The number of rotatable bonds is 7. The fourth-order valence-corrected chi connectivity index (χ4v) is 2.29. The Balaban J connectivity index is 2.27. The van der Waals surface area contributed by atoms with Gasteiger partial charge in [-0.2, -0.15) is 0 Å². The van der Waals surface area contributed by atoms with Crippen molar-refractivity contribution in [3.05, 3.63) is 30.6 Å². The first-order chi connectivity index (χ1) is 9.76. The molecule has 0 aliphatic carbocycles. The van der Waals surface area contributed by atoms with Crippen molar-refractivity contribution in [2.75, 3.05) is 25.6 Å². The molecular weight excluding hydrogens is 250 g/mol. The van der Waals surface area contributed by atoms with Crippen LogP contribution in [0, 0.1) is 0 Å². The number of nitrogens with zero attached hydrogens (tertiary/aromatic N) is 2. The highest BCUT2D eigenvalue weighted by Gasteiger charge is 2.12. The van der Waals surface area contributed by atoms with Crippen LogP contribution in [0.25, 0.3) is 11.4 Å². The van der Waals surface area contributed by atoms with Crippen molar-refractivity contribution in [3.8, 4) is 17.1 Å². The van der Waals surface area contributed by atoms with Gasteiger partial charge in [0.15, 0.2) is 0 Å². The van der Waals surface area contributed by atoms with Crippen LogP contribution in [0.4, 0.5) is 5.69 Å². The quantitative estimate of drug-likeness (QED) is 0.782. The smallest absolute Gasteiger partial charge is 0.139 e. The molecular formula is C16H23N3O. The molecule has 0 saturated carbocycles. The monoisotopic (exact) mass is 273 g/mol. The molecule has 2 aromatic rings. The maximum absolute atomic E-state index is 5.35. The number of nitrogens with one attached hydrogen (secondary N) is 1. The van der Waals surface area contributed by atoms with Crippen molar-refractivity contribution in [3.63, 3.8) is 0 Å². The van der Waals surface area contributed by atoms with E-state index in [-0.39, 0.29) is 0 Å². The molecule has 1 aromatic heterocycles. The van der Waals surface area contributed by atoms with Gasteiger partial charge >= 0.3 is 0 Å². The number of unbranched alkanes of at least 4 members (excludes halogenated alkanes) is 2. The minimum atomic E-state index is 0.873. The van der Waals surface area contributed by atoms with Crippen LogP contribution in [0.15, 0.2) is 30.6 Å². The third kappa shape index (κ3) is 3.32. The van der Waals surface area contributed by atoms with Gasteiger partial charge < -0.3 is 14.6 Å². The van der Waals surface area contributed by atoms with E-state index in [9.17, 15) is 0 Å². The Morgan fingerprint density at radius 3 is 2.80 bits per heavy atom. The lowest BCUT2D eigenvalue weighted by Crippen LogP contribution is -2.19. The summed E-state index contributed by atoms with van der Waals surface area (Å²) in [5.74, 6) is 1.77. The Labute approximate surface area is 120 Å². The highest BCUT2D eigenvalue weighted by molar-refractivity contribution is 5.75. The molecule has 1 heterocycles. The number of benzene rings is 1. The predicted molar refractivity (Wildman–Crippen MR) is 83.4 cm³/mol. The maximum Gasteiger partial charge on any atom is 0.139 e. The summed E-state index contributed by atoms with van der Waals surface area (Å²) in [6.07, 6.45) is 7.31. The van der Waals surface area contributed by atoms with Crippen LogP contribution < -0.4 is 9.64 Å². The fraction of sp³-hybridized carbons (Fsp3) is 0.438. The van der Waals surface area contributed by atoms with E-state index in [0.717, 1.165) is 29.4 Å². The Bertz CT molecular complexity index is 523. The molecule has 4 nitrogen and oxygen atoms in total. The zero-order valence-corrected chi connectivity index (χ0v) is 12.5. The molecule has 0 spiro atoms. The molecule has 0 atom stereocenters. The van der Waals surface area contributed by atoms with Gasteiger partial charge in [0, 0.05) is 37.6 Å². The lowest BCUT2D eigenvalue weighted by atomic mass is 10.1. The molecule has 0 radical (unpaired) electrons. The van der Waals surface area contributed by atoms with Crippen LogP contribution in [0.3, 0.4) is 0 Å². The number of imidazole rings is 1. The molecule has 0 aliphatic heterocycles. The average Bonchev–Trinajstić information content (AvgIpc) is 3.00. The average molecular weight is 273 g/mol. The van der Waals surface area contributed by atoms with Gasteiger partial charge in [-0.1, -0.05) is 19.8 Å². The highest BCUT2D eigenvalue weighted by Crippen LogP contribution is 2.31. The molecule has 0 aliphatic rings. The Kier molecular flexibility index (Phi) is 5.04. The van der Waals surface area contributed by atoms with E-state index in [4.69, 9.17) is 4.74 Å². The SMILES string of the molecule is CCCCCN(C)c1cc(OC)ccc1-c1ncc[nH]1. The summed E-state index contributed by atoms with van der Waals surface area (Å²) >= 11 is 0. The van der Waals surface area contributed by atoms with E-state index >= 15 is 0 Å². The first-order valence-corrected chi connectivity index (χ1v) is 7.15. The van der Waals surface area contributed by atoms with Gasteiger partial charge in [-0.25, -0.2) is 4.98 Å². The predicted octanol–water partition coefficient (Wildman–Crippen LogP) is 3.71. The highest BCUT2D eigenvalue weighted by atomic mass is 16.5. The van der Waals surface area contributed by atoms with Crippen LogP contribution in [0.2, 0.25) is 0 Å².